The summed E-state index contributed by atoms with van der Waals surface area (Å²) in [6.07, 6.45) is 6.35. The van der Waals surface area contributed by atoms with Gasteiger partial charge in [-0.3, -0.25) is 25.6 Å². The van der Waals surface area contributed by atoms with Crippen LogP contribution in [0.1, 0.15) is 32.1 Å². The number of nitrogens with one attached hydrogen (secondary N) is 5. The van der Waals surface area contributed by atoms with Crippen LogP contribution in [-0.4, -0.2) is 74.6 Å². The van der Waals surface area contributed by atoms with Crippen LogP contribution in [0.15, 0.2) is 0 Å². The lowest BCUT2D eigenvalue weighted by molar-refractivity contribution is -0.124. The van der Waals surface area contributed by atoms with Crippen LogP contribution in [0, 0.1) is 11.8 Å². The van der Waals surface area contributed by atoms with E-state index >= 15 is 0 Å². The summed E-state index contributed by atoms with van der Waals surface area (Å²) in [5, 5.41) is 17.9. The Bertz CT molecular complexity index is 470. The fourth-order valence-electron chi connectivity index (χ4n) is 4.67. The van der Waals surface area contributed by atoms with Gasteiger partial charge in [-0.25, -0.2) is 0 Å². The van der Waals surface area contributed by atoms with Gasteiger partial charge >= 0.3 is 0 Å². The van der Waals surface area contributed by atoms with Gasteiger partial charge < -0.3 is 16.4 Å². The molecule has 5 atom stereocenters. The van der Waals surface area contributed by atoms with E-state index in [1.807, 2.05) is 0 Å². The molecule has 3 aliphatic heterocycles. The number of amides is 1. The smallest absolute Gasteiger partial charge is 0.224 e. The first-order valence-corrected chi connectivity index (χ1v) is 10.4. The van der Waals surface area contributed by atoms with Gasteiger partial charge in [-0.1, -0.05) is 0 Å². The molecule has 1 aliphatic carbocycles. The molecule has 3 saturated heterocycles. The van der Waals surface area contributed by atoms with E-state index in [2.05, 4.69) is 31.5 Å². The molecule has 8 nitrogen and oxygen atoms in total. The van der Waals surface area contributed by atoms with E-state index in [-0.39, 0.29) is 24.3 Å². The molecule has 0 bridgehead atoms. The Morgan fingerprint density at radius 3 is 2.65 bits per heavy atom. The van der Waals surface area contributed by atoms with Crippen LogP contribution in [0.2, 0.25) is 0 Å². The number of primary amides is 1. The highest BCUT2D eigenvalue weighted by Gasteiger charge is 2.38. The second kappa shape index (κ2) is 8.50. The maximum Gasteiger partial charge on any atom is 0.224 e. The van der Waals surface area contributed by atoms with Crippen molar-refractivity contribution < 1.29 is 4.79 Å². The predicted molar refractivity (Wildman–Crippen MR) is 101 cm³/mol. The summed E-state index contributed by atoms with van der Waals surface area (Å²) >= 11 is 0. The first-order valence-electron chi connectivity index (χ1n) is 10.4. The molecule has 4 aliphatic rings. The highest BCUT2D eigenvalue weighted by molar-refractivity contribution is 5.77. The van der Waals surface area contributed by atoms with Crippen molar-refractivity contribution >= 4 is 5.91 Å². The largest absolute Gasteiger partial charge is 0.369 e. The SMILES string of the molecule is NC(=O)C1CNC(N2CCCNCC2)NC1NC1CCC(C2CC2)NC1. The van der Waals surface area contributed by atoms with Crippen LogP contribution in [0.3, 0.4) is 0 Å². The van der Waals surface area contributed by atoms with Crippen molar-refractivity contribution in [3.63, 3.8) is 0 Å². The number of rotatable bonds is 5. The summed E-state index contributed by atoms with van der Waals surface area (Å²) in [4.78, 5) is 14.4. The normalized spacial score (nSPS) is 40.1. The van der Waals surface area contributed by atoms with Crippen LogP contribution < -0.4 is 32.3 Å². The molecule has 4 rings (SSSR count). The molecule has 0 radical (unpaired) electrons. The fourth-order valence-corrected chi connectivity index (χ4v) is 4.67. The zero-order chi connectivity index (χ0) is 17.9. The highest BCUT2D eigenvalue weighted by Crippen LogP contribution is 2.35. The highest BCUT2D eigenvalue weighted by atomic mass is 16.1. The van der Waals surface area contributed by atoms with Gasteiger partial charge in [0, 0.05) is 44.8 Å². The van der Waals surface area contributed by atoms with Crippen molar-refractivity contribution in [2.24, 2.45) is 17.6 Å². The Morgan fingerprint density at radius 1 is 1.04 bits per heavy atom. The second-order valence-electron chi connectivity index (χ2n) is 8.40. The number of carbonyl (C=O) groups is 1. The lowest BCUT2D eigenvalue weighted by Crippen LogP contribution is -2.72. The Kier molecular flexibility index (Phi) is 6.07. The van der Waals surface area contributed by atoms with E-state index in [1.165, 1.54) is 25.7 Å². The van der Waals surface area contributed by atoms with Gasteiger partial charge in [0.15, 0.2) is 0 Å². The predicted octanol–water partition coefficient (Wildman–Crippen LogP) is -1.69. The Morgan fingerprint density at radius 2 is 1.92 bits per heavy atom. The van der Waals surface area contributed by atoms with E-state index in [0.29, 0.717) is 18.6 Å². The molecule has 1 amide bonds. The molecule has 1 saturated carbocycles. The molecular weight excluding hydrogens is 330 g/mol. The zero-order valence-corrected chi connectivity index (χ0v) is 15.7. The molecule has 0 aromatic rings. The molecule has 0 aromatic carbocycles. The van der Waals surface area contributed by atoms with Gasteiger partial charge in [0.05, 0.1) is 12.1 Å². The van der Waals surface area contributed by atoms with Gasteiger partial charge in [0.25, 0.3) is 0 Å². The summed E-state index contributed by atoms with van der Waals surface area (Å²) < 4.78 is 0. The second-order valence-corrected chi connectivity index (χ2v) is 8.40. The number of nitrogens with two attached hydrogens (primary N) is 1. The van der Waals surface area contributed by atoms with Crippen molar-refractivity contribution in [1.82, 2.24) is 31.5 Å². The van der Waals surface area contributed by atoms with E-state index < -0.39 is 0 Å². The topological polar surface area (TPSA) is 106 Å². The average molecular weight is 366 g/mol. The van der Waals surface area contributed by atoms with Crippen LogP contribution in [0.5, 0.6) is 0 Å². The van der Waals surface area contributed by atoms with Crippen LogP contribution in [-0.2, 0) is 4.79 Å². The molecule has 7 N–H and O–H groups in total. The van der Waals surface area contributed by atoms with Crippen molar-refractivity contribution in [3.8, 4) is 0 Å². The van der Waals surface area contributed by atoms with E-state index in [4.69, 9.17) is 5.73 Å². The Balaban J connectivity index is 1.33. The van der Waals surface area contributed by atoms with Gasteiger partial charge in [-0.15, -0.1) is 0 Å². The summed E-state index contributed by atoms with van der Waals surface area (Å²) in [7, 11) is 0. The van der Waals surface area contributed by atoms with Gasteiger partial charge in [-0.2, -0.15) is 0 Å². The minimum atomic E-state index is -0.238. The van der Waals surface area contributed by atoms with Crippen LogP contribution in [0.4, 0.5) is 0 Å². The maximum absolute atomic E-state index is 12.0. The van der Waals surface area contributed by atoms with Gasteiger partial charge in [0.2, 0.25) is 5.91 Å². The molecule has 8 heteroatoms. The third-order valence-corrected chi connectivity index (χ3v) is 6.44. The molecule has 0 aromatic heterocycles. The first-order chi connectivity index (χ1) is 12.7. The third-order valence-electron chi connectivity index (χ3n) is 6.44. The standard InChI is InChI=1S/C18H35N7O/c19-16(26)14-11-22-18(25-8-1-6-20-7-9-25)24-17(14)23-13-4-5-15(21-10-13)12-2-3-12/h12-15,17-18,20-24H,1-11H2,(H2,19,26). The average Bonchev–Trinajstić information content (AvgIpc) is 3.49. The quantitative estimate of drug-likeness (QED) is 0.345. The number of hydrogen-bond donors (Lipinski definition) is 6. The van der Waals surface area contributed by atoms with Crippen molar-refractivity contribution in [3.05, 3.63) is 0 Å². The Hall–Kier alpha value is -0.770. The molecule has 0 spiro atoms. The van der Waals surface area contributed by atoms with Crippen molar-refractivity contribution in [2.45, 2.75) is 56.6 Å². The number of hydrogen-bond acceptors (Lipinski definition) is 7. The van der Waals surface area contributed by atoms with Gasteiger partial charge in [-0.05, 0) is 44.6 Å². The molecule has 3 heterocycles. The molecule has 4 fully saturated rings. The lowest BCUT2D eigenvalue weighted by atomic mass is 9.95. The monoisotopic (exact) mass is 365 g/mol. The van der Waals surface area contributed by atoms with E-state index in [9.17, 15) is 4.79 Å². The summed E-state index contributed by atoms with van der Waals surface area (Å²) in [6.45, 7) is 5.75. The van der Waals surface area contributed by atoms with Crippen molar-refractivity contribution in [1.29, 1.82) is 0 Å². The van der Waals surface area contributed by atoms with Crippen LogP contribution >= 0.6 is 0 Å². The van der Waals surface area contributed by atoms with E-state index in [0.717, 1.165) is 45.1 Å². The summed E-state index contributed by atoms with van der Waals surface area (Å²) in [6, 6.07) is 1.10. The number of piperidine rings is 1. The molecule has 26 heavy (non-hydrogen) atoms. The fraction of sp³-hybridized carbons (Fsp3) is 0.944. The summed E-state index contributed by atoms with van der Waals surface area (Å²) in [5.74, 6) is 0.447. The molecule has 148 valence electrons. The molecule has 5 unspecified atom stereocenters. The number of nitrogens with zero attached hydrogens (tertiary/aromatic N) is 1. The van der Waals surface area contributed by atoms with E-state index in [1.54, 1.807) is 0 Å². The summed E-state index contributed by atoms with van der Waals surface area (Å²) in [5.41, 5.74) is 5.68. The molecular formula is C18H35N7O. The van der Waals surface area contributed by atoms with Gasteiger partial charge in [0.1, 0.15) is 6.29 Å². The first kappa shape index (κ1) is 18.6. The number of carbonyl (C=O) groups excluding carboxylic acids is 1. The van der Waals surface area contributed by atoms with Crippen molar-refractivity contribution in [2.75, 3.05) is 39.3 Å². The minimum Gasteiger partial charge on any atom is -0.369 e. The zero-order valence-electron chi connectivity index (χ0n) is 15.7. The third kappa shape index (κ3) is 4.55. The lowest BCUT2D eigenvalue weighted by Gasteiger charge is -2.44. The maximum atomic E-state index is 12.0. The Labute approximate surface area is 156 Å². The van der Waals surface area contributed by atoms with Crippen LogP contribution in [0.25, 0.3) is 0 Å². The minimum absolute atomic E-state index is 0.0702.